The van der Waals surface area contributed by atoms with Crippen LogP contribution >= 0.6 is 47.0 Å². The topological polar surface area (TPSA) is 55.4 Å². The average Bonchev–Trinajstić information content (AvgIpc) is 2.48. The Labute approximate surface area is 121 Å². The van der Waals surface area contributed by atoms with Crippen molar-refractivity contribution >= 4 is 62.0 Å². The summed E-state index contributed by atoms with van der Waals surface area (Å²) in [4.78, 5) is 0. The van der Waals surface area contributed by atoms with Gasteiger partial charge in [0.2, 0.25) is 0 Å². The number of nitrogens with one attached hydrogen (secondary N) is 1. The predicted molar refractivity (Wildman–Crippen MR) is 74.1 cm³/mol. The Kier molecular flexibility index (Phi) is 6.05. The first-order chi connectivity index (χ1) is 7.88. The van der Waals surface area contributed by atoms with Crippen LogP contribution < -0.4 is 5.32 Å². The van der Waals surface area contributed by atoms with E-state index in [0.29, 0.717) is 0 Å². The molecule has 1 rings (SSSR count). The van der Waals surface area contributed by atoms with Crippen molar-refractivity contribution in [2.75, 3.05) is 23.3 Å². The molecule has 1 saturated heterocycles. The molecule has 1 heterocycles. The van der Waals surface area contributed by atoms with E-state index in [9.17, 15) is 8.42 Å². The molecule has 0 aromatic carbocycles. The molecule has 0 unspecified atom stereocenters. The van der Waals surface area contributed by atoms with Crippen LogP contribution in [0.2, 0.25) is 0 Å². The van der Waals surface area contributed by atoms with Crippen molar-refractivity contribution in [1.29, 1.82) is 0 Å². The molecular weight excluding hydrogens is 329 g/mol. The third-order valence-electron chi connectivity index (χ3n) is 2.20. The quantitative estimate of drug-likeness (QED) is 0.614. The first-order valence-electron chi connectivity index (χ1n) is 4.81. The SMILES string of the molecule is O=S1(=O)C[C@@H](Cl)[C@@H](NC(=S)OC(CCl)CCl)C1. The number of rotatable bonds is 4. The second kappa shape index (κ2) is 6.61. The van der Waals surface area contributed by atoms with E-state index in [2.05, 4.69) is 5.32 Å². The summed E-state index contributed by atoms with van der Waals surface area (Å²) in [6.07, 6.45) is -0.398. The van der Waals surface area contributed by atoms with Crippen LogP contribution in [0, 0.1) is 0 Å². The summed E-state index contributed by atoms with van der Waals surface area (Å²) >= 11 is 22.0. The minimum absolute atomic E-state index is 0.0446. The van der Waals surface area contributed by atoms with Gasteiger partial charge in [-0.1, -0.05) is 0 Å². The van der Waals surface area contributed by atoms with Gasteiger partial charge in [0.05, 0.1) is 34.7 Å². The molecule has 0 radical (unpaired) electrons. The third kappa shape index (κ3) is 4.95. The van der Waals surface area contributed by atoms with E-state index in [1.165, 1.54) is 0 Å². The molecule has 1 fully saturated rings. The molecule has 0 spiro atoms. The third-order valence-corrected chi connectivity index (χ3v) is 5.48. The van der Waals surface area contributed by atoms with Crippen molar-refractivity contribution in [3.8, 4) is 0 Å². The van der Waals surface area contributed by atoms with Crippen molar-refractivity contribution in [2.24, 2.45) is 0 Å². The van der Waals surface area contributed by atoms with Crippen LogP contribution in [0.15, 0.2) is 0 Å². The molecule has 0 aromatic heterocycles. The second-order valence-electron chi connectivity index (χ2n) is 3.68. The number of halogens is 3. The van der Waals surface area contributed by atoms with Gasteiger partial charge in [0.25, 0.3) is 5.17 Å². The van der Waals surface area contributed by atoms with E-state index in [4.69, 9.17) is 51.8 Å². The van der Waals surface area contributed by atoms with E-state index in [1.54, 1.807) is 0 Å². The van der Waals surface area contributed by atoms with Crippen molar-refractivity contribution in [2.45, 2.75) is 17.5 Å². The molecule has 4 nitrogen and oxygen atoms in total. The lowest BCUT2D eigenvalue weighted by Crippen LogP contribution is -2.42. The summed E-state index contributed by atoms with van der Waals surface area (Å²) in [5.74, 6) is 0.317. The standard InChI is InChI=1S/C8H12Cl3NO3S2/c9-1-5(2-10)15-8(16)12-7-4-17(13,14)3-6(7)11/h5-7H,1-4H2,(H,12,16)/t6-,7+/m1/s1. The molecule has 0 aromatic rings. The fraction of sp³-hybridized carbons (Fsp3) is 0.875. The molecule has 0 amide bonds. The zero-order chi connectivity index (χ0) is 13.1. The number of ether oxygens (including phenoxy) is 1. The van der Waals surface area contributed by atoms with Crippen LogP contribution in [0.3, 0.4) is 0 Å². The van der Waals surface area contributed by atoms with E-state index in [0.717, 1.165) is 0 Å². The Morgan fingerprint density at radius 3 is 2.41 bits per heavy atom. The number of hydrogen-bond acceptors (Lipinski definition) is 4. The lowest BCUT2D eigenvalue weighted by atomic mass is 10.3. The minimum Gasteiger partial charge on any atom is -0.465 e. The zero-order valence-corrected chi connectivity index (χ0v) is 12.6. The number of sulfone groups is 1. The second-order valence-corrected chi connectivity index (χ2v) is 7.38. The lowest BCUT2D eigenvalue weighted by Gasteiger charge is -2.19. The maximum Gasteiger partial charge on any atom is 0.257 e. The van der Waals surface area contributed by atoms with Gasteiger partial charge in [-0.3, -0.25) is 0 Å². The highest BCUT2D eigenvalue weighted by Crippen LogP contribution is 2.18. The fourth-order valence-corrected chi connectivity index (χ4v) is 4.67. The first-order valence-corrected chi connectivity index (χ1v) is 8.55. The van der Waals surface area contributed by atoms with Gasteiger partial charge in [0, 0.05) is 0 Å². The van der Waals surface area contributed by atoms with Crippen molar-refractivity contribution < 1.29 is 13.2 Å². The molecule has 1 aliphatic heterocycles. The Morgan fingerprint density at radius 2 is 2.00 bits per heavy atom. The monoisotopic (exact) mass is 339 g/mol. The normalized spacial score (nSPS) is 27.1. The summed E-state index contributed by atoms with van der Waals surface area (Å²) in [6.45, 7) is 0. The summed E-state index contributed by atoms with van der Waals surface area (Å²) in [5, 5.41) is 2.33. The van der Waals surface area contributed by atoms with E-state index >= 15 is 0 Å². The van der Waals surface area contributed by atoms with Gasteiger partial charge < -0.3 is 10.1 Å². The molecule has 1 N–H and O–H groups in total. The van der Waals surface area contributed by atoms with Gasteiger partial charge in [0.15, 0.2) is 9.84 Å². The minimum atomic E-state index is -3.09. The van der Waals surface area contributed by atoms with Crippen LogP contribution in [-0.2, 0) is 14.6 Å². The maximum atomic E-state index is 11.3. The summed E-state index contributed by atoms with van der Waals surface area (Å²) < 4.78 is 27.9. The van der Waals surface area contributed by atoms with Crippen molar-refractivity contribution in [3.63, 3.8) is 0 Å². The highest BCUT2D eigenvalue weighted by Gasteiger charge is 2.37. The number of alkyl halides is 3. The average molecular weight is 341 g/mol. The summed E-state index contributed by atoms with van der Waals surface area (Å²) in [7, 11) is -3.09. The van der Waals surface area contributed by atoms with E-state index in [1.807, 2.05) is 0 Å². The molecule has 100 valence electrons. The Hall–Kier alpha value is 0.510. The lowest BCUT2D eigenvalue weighted by molar-refractivity contribution is 0.228. The van der Waals surface area contributed by atoms with Crippen LogP contribution in [0.4, 0.5) is 0 Å². The smallest absolute Gasteiger partial charge is 0.257 e. The molecule has 17 heavy (non-hydrogen) atoms. The maximum absolute atomic E-state index is 11.3. The molecule has 0 aliphatic carbocycles. The van der Waals surface area contributed by atoms with Crippen LogP contribution in [0.25, 0.3) is 0 Å². The highest BCUT2D eigenvalue weighted by atomic mass is 35.5. The van der Waals surface area contributed by atoms with Crippen molar-refractivity contribution in [1.82, 2.24) is 5.32 Å². The molecular formula is C8H12Cl3NO3S2. The molecule has 0 saturated carbocycles. The van der Waals surface area contributed by atoms with Gasteiger partial charge in [0.1, 0.15) is 6.10 Å². The van der Waals surface area contributed by atoms with E-state index in [-0.39, 0.29) is 28.4 Å². The molecule has 0 bridgehead atoms. The van der Waals surface area contributed by atoms with Gasteiger partial charge in [-0.25, -0.2) is 8.42 Å². The van der Waals surface area contributed by atoms with Gasteiger partial charge >= 0.3 is 0 Å². The first kappa shape index (κ1) is 15.6. The largest absolute Gasteiger partial charge is 0.465 e. The van der Waals surface area contributed by atoms with Gasteiger partial charge in [-0.15, -0.1) is 34.8 Å². The Bertz CT molecular complexity index is 372. The van der Waals surface area contributed by atoms with Crippen LogP contribution in [0.1, 0.15) is 0 Å². The molecule has 2 atom stereocenters. The fourth-order valence-electron chi connectivity index (χ4n) is 1.38. The van der Waals surface area contributed by atoms with Crippen LogP contribution in [0.5, 0.6) is 0 Å². The number of hydrogen-bond donors (Lipinski definition) is 1. The van der Waals surface area contributed by atoms with Gasteiger partial charge in [-0.2, -0.15) is 0 Å². The number of thiocarbonyl (C=S) groups is 1. The van der Waals surface area contributed by atoms with E-state index < -0.39 is 27.4 Å². The molecule has 9 heteroatoms. The highest BCUT2D eigenvalue weighted by molar-refractivity contribution is 7.91. The predicted octanol–water partition coefficient (Wildman–Crippen LogP) is 1.13. The summed E-state index contributed by atoms with van der Waals surface area (Å²) in [6, 6.07) is -0.430. The molecule has 1 aliphatic rings. The summed E-state index contributed by atoms with van der Waals surface area (Å²) in [5.41, 5.74) is 0. The zero-order valence-electron chi connectivity index (χ0n) is 8.74. The van der Waals surface area contributed by atoms with Crippen molar-refractivity contribution in [3.05, 3.63) is 0 Å². The van der Waals surface area contributed by atoms with Crippen LogP contribution in [-0.4, -0.2) is 54.4 Å². The Balaban J connectivity index is 2.47. The van der Waals surface area contributed by atoms with Gasteiger partial charge in [-0.05, 0) is 12.2 Å². The Morgan fingerprint density at radius 1 is 1.41 bits per heavy atom.